The van der Waals surface area contributed by atoms with E-state index in [0.29, 0.717) is 24.5 Å². The van der Waals surface area contributed by atoms with Crippen molar-refractivity contribution in [2.75, 3.05) is 5.73 Å². The van der Waals surface area contributed by atoms with Gasteiger partial charge in [0, 0.05) is 12.1 Å². The van der Waals surface area contributed by atoms with Crippen LogP contribution in [0.25, 0.3) is 11.1 Å². The predicted octanol–water partition coefficient (Wildman–Crippen LogP) is 3.35. The molecule has 2 aromatic heterocycles. The third-order valence-corrected chi connectivity index (χ3v) is 5.36. The highest BCUT2D eigenvalue weighted by atomic mass is 16.1. The number of pyridine rings is 1. The minimum absolute atomic E-state index is 0.00752. The molecule has 0 bridgehead atoms. The van der Waals surface area contributed by atoms with Crippen LogP contribution < -0.4 is 11.5 Å². The highest BCUT2D eigenvalue weighted by molar-refractivity contribution is 5.88. The van der Waals surface area contributed by atoms with Crippen molar-refractivity contribution in [1.82, 2.24) is 20.2 Å². The second kappa shape index (κ2) is 8.39. The van der Waals surface area contributed by atoms with Gasteiger partial charge in [-0.15, -0.1) is 5.10 Å². The number of aromatic amines is 1. The van der Waals surface area contributed by atoms with Crippen molar-refractivity contribution in [2.24, 2.45) is 5.73 Å². The maximum atomic E-state index is 11.3. The van der Waals surface area contributed by atoms with Crippen molar-refractivity contribution >= 4 is 11.7 Å². The highest BCUT2D eigenvalue weighted by Gasteiger charge is 2.14. The molecule has 0 aliphatic heterocycles. The largest absolute Gasteiger partial charge is 0.384 e. The number of anilines is 1. The zero-order valence-electron chi connectivity index (χ0n) is 17.5. The number of nitrogens with zero attached hydrogens (tertiary/aromatic N) is 3. The molecule has 0 fully saturated rings. The van der Waals surface area contributed by atoms with Gasteiger partial charge in [-0.05, 0) is 59.7 Å². The molecule has 0 atom stereocenters. The number of primary amides is 1. The molecular formula is C24H24N6O. The summed E-state index contributed by atoms with van der Waals surface area (Å²) in [6.07, 6.45) is 1.21. The fourth-order valence-electron chi connectivity index (χ4n) is 3.78. The van der Waals surface area contributed by atoms with Gasteiger partial charge in [0.25, 0.3) is 5.91 Å². The molecule has 7 heteroatoms. The van der Waals surface area contributed by atoms with Crippen molar-refractivity contribution < 1.29 is 4.79 Å². The van der Waals surface area contributed by atoms with Crippen LogP contribution in [0.1, 0.15) is 44.4 Å². The van der Waals surface area contributed by atoms with E-state index >= 15 is 0 Å². The number of nitrogens with two attached hydrogens (primary N) is 2. The maximum absolute atomic E-state index is 11.3. The molecule has 0 radical (unpaired) electrons. The average Bonchev–Trinajstić information content (AvgIpc) is 3.21. The summed E-state index contributed by atoms with van der Waals surface area (Å²) >= 11 is 0. The Morgan fingerprint density at radius 1 is 0.935 bits per heavy atom. The number of hydrogen-bond acceptors (Lipinski definition) is 5. The van der Waals surface area contributed by atoms with Crippen molar-refractivity contribution in [1.29, 1.82) is 0 Å². The molecular weight excluding hydrogens is 388 g/mol. The Morgan fingerprint density at radius 3 is 2.39 bits per heavy atom. The van der Waals surface area contributed by atoms with E-state index in [1.54, 1.807) is 0 Å². The standard InChI is InChI=1S/C24H24N6O/c1-14-10-21(25)27-15(2)20(14)12-19-11-17(16-6-4-3-5-7-16)8-9-18(19)13-22-28-24(23(26)31)30-29-22/h3-11H,12-13H2,1-2H3,(H2,25,27)(H2,26,31)(H,28,29,30). The molecule has 0 saturated heterocycles. The maximum Gasteiger partial charge on any atom is 0.288 e. The summed E-state index contributed by atoms with van der Waals surface area (Å²) in [5, 5.41) is 6.71. The highest BCUT2D eigenvalue weighted by Crippen LogP contribution is 2.27. The van der Waals surface area contributed by atoms with Gasteiger partial charge >= 0.3 is 0 Å². The Bertz CT molecular complexity index is 1220. The van der Waals surface area contributed by atoms with Crippen LogP contribution in [-0.2, 0) is 12.8 Å². The minimum Gasteiger partial charge on any atom is -0.384 e. The van der Waals surface area contributed by atoms with Crippen LogP contribution in [0.5, 0.6) is 0 Å². The molecule has 2 heterocycles. The van der Waals surface area contributed by atoms with E-state index in [-0.39, 0.29) is 5.82 Å². The first-order valence-electron chi connectivity index (χ1n) is 10.0. The Hall–Kier alpha value is -4.00. The number of H-pyrrole nitrogens is 1. The summed E-state index contributed by atoms with van der Waals surface area (Å²) in [4.78, 5) is 20.0. The predicted molar refractivity (Wildman–Crippen MR) is 121 cm³/mol. The van der Waals surface area contributed by atoms with Gasteiger partial charge in [0.1, 0.15) is 11.6 Å². The normalized spacial score (nSPS) is 10.9. The molecule has 0 aliphatic carbocycles. The van der Waals surface area contributed by atoms with Gasteiger partial charge in [0.05, 0.1) is 0 Å². The fraction of sp³-hybridized carbons (Fsp3) is 0.167. The van der Waals surface area contributed by atoms with Gasteiger partial charge in [-0.2, -0.15) is 0 Å². The zero-order valence-corrected chi connectivity index (χ0v) is 17.5. The number of nitrogen functional groups attached to an aromatic ring is 1. The lowest BCUT2D eigenvalue weighted by Gasteiger charge is -2.15. The second-order valence-corrected chi connectivity index (χ2v) is 7.60. The van der Waals surface area contributed by atoms with Gasteiger partial charge < -0.3 is 11.5 Å². The molecule has 0 aliphatic rings. The van der Waals surface area contributed by atoms with Crippen LogP contribution in [0.4, 0.5) is 5.82 Å². The van der Waals surface area contributed by atoms with E-state index < -0.39 is 5.91 Å². The van der Waals surface area contributed by atoms with Crippen LogP contribution >= 0.6 is 0 Å². The number of rotatable bonds is 6. The van der Waals surface area contributed by atoms with Crippen molar-refractivity contribution in [3.05, 3.63) is 94.2 Å². The van der Waals surface area contributed by atoms with Crippen LogP contribution in [0.15, 0.2) is 54.6 Å². The quantitative estimate of drug-likeness (QED) is 0.448. The monoisotopic (exact) mass is 412 g/mol. The summed E-state index contributed by atoms with van der Waals surface area (Å²) in [5.41, 5.74) is 18.9. The van der Waals surface area contributed by atoms with Crippen LogP contribution in [0, 0.1) is 13.8 Å². The number of benzene rings is 2. The van der Waals surface area contributed by atoms with Crippen molar-refractivity contribution in [3.63, 3.8) is 0 Å². The Kier molecular flexibility index (Phi) is 5.49. The topological polar surface area (TPSA) is 124 Å². The lowest BCUT2D eigenvalue weighted by Crippen LogP contribution is -2.12. The van der Waals surface area contributed by atoms with E-state index in [9.17, 15) is 4.79 Å². The van der Waals surface area contributed by atoms with E-state index in [1.807, 2.05) is 31.2 Å². The molecule has 2 aromatic carbocycles. The number of carbonyl (C=O) groups is 1. The summed E-state index contributed by atoms with van der Waals surface area (Å²) < 4.78 is 0. The van der Waals surface area contributed by atoms with E-state index in [0.717, 1.165) is 39.1 Å². The molecule has 0 unspecified atom stereocenters. The number of amides is 1. The van der Waals surface area contributed by atoms with Crippen LogP contribution in [0.3, 0.4) is 0 Å². The number of nitrogens with one attached hydrogen (secondary N) is 1. The smallest absolute Gasteiger partial charge is 0.288 e. The first-order chi connectivity index (χ1) is 14.9. The third kappa shape index (κ3) is 4.45. The molecule has 5 N–H and O–H groups in total. The Labute approximate surface area is 180 Å². The Morgan fingerprint density at radius 2 is 1.71 bits per heavy atom. The van der Waals surface area contributed by atoms with Gasteiger partial charge in [-0.1, -0.05) is 48.5 Å². The third-order valence-electron chi connectivity index (χ3n) is 5.36. The number of hydrogen-bond donors (Lipinski definition) is 3. The average molecular weight is 412 g/mol. The molecule has 4 rings (SSSR count). The zero-order chi connectivity index (χ0) is 22.0. The van der Waals surface area contributed by atoms with Crippen molar-refractivity contribution in [2.45, 2.75) is 26.7 Å². The van der Waals surface area contributed by atoms with Crippen LogP contribution in [0.2, 0.25) is 0 Å². The number of carbonyl (C=O) groups excluding carboxylic acids is 1. The van der Waals surface area contributed by atoms with Gasteiger partial charge in [0.2, 0.25) is 5.82 Å². The SMILES string of the molecule is Cc1cc(N)nc(C)c1Cc1cc(-c2ccccc2)ccc1Cc1nc(C(N)=O)n[nH]1. The molecule has 0 spiro atoms. The molecule has 7 nitrogen and oxygen atoms in total. The second-order valence-electron chi connectivity index (χ2n) is 7.60. The van der Waals surface area contributed by atoms with E-state index in [2.05, 4.69) is 57.4 Å². The molecule has 1 amide bonds. The van der Waals surface area contributed by atoms with Gasteiger partial charge in [-0.25, -0.2) is 9.97 Å². The summed E-state index contributed by atoms with van der Waals surface area (Å²) in [6, 6.07) is 18.5. The number of aromatic nitrogens is 4. The molecule has 4 aromatic rings. The first kappa shape index (κ1) is 20.3. The summed E-state index contributed by atoms with van der Waals surface area (Å²) in [7, 11) is 0. The van der Waals surface area contributed by atoms with E-state index in [4.69, 9.17) is 11.5 Å². The van der Waals surface area contributed by atoms with Crippen LogP contribution in [-0.4, -0.2) is 26.1 Å². The lowest BCUT2D eigenvalue weighted by atomic mass is 9.91. The van der Waals surface area contributed by atoms with Gasteiger partial charge in [0.15, 0.2) is 0 Å². The van der Waals surface area contributed by atoms with E-state index in [1.165, 1.54) is 0 Å². The molecule has 0 saturated carbocycles. The lowest BCUT2D eigenvalue weighted by molar-refractivity contribution is 0.0991. The van der Waals surface area contributed by atoms with Gasteiger partial charge in [-0.3, -0.25) is 9.89 Å². The summed E-state index contributed by atoms with van der Waals surface area (Å²) in [5.74, 6) is 0.456. The first-order valence-corrected chi connectivity index (χ1v) is 10.0. The molecule has 31 heavy (non-hydrogen) atoms. The summed E-state index contributed by atoms with van der Waals surface area (Å²) in [6.45, 7) is 4.03. The Balaban J connectivity index is 1.76. The number of aryl methyl sites for hydroxylation is 2. The fourth-order valence-corrected chi connectivity index (χ4v) is 3.78. The minimum atomic E-state index is -0.652. The van der Waals surface area contributed by atoms with Crippen molar-refractivity contribution in [3.8, 4) is 11.1 Å². The molecule has 156 valence electrons.